The fraction of sp³-hybridized carbons (Fsp3) is 0.0667. The third-order valence-corrected chi connectivity index (χ3v) is 3.00. The molecule has 0 amide bonds. The Kier molecular flexibility index (Phi) is 3.94. The molecule has 0 bridgehead atoms. The van der Waals surface area contributed by atoms with Crippen molar-refractivity contribution in [2.24, 2.45) is 0 Å². The van der Waals surface area contributed by atoms with Crippen LogP contribution in [0, 0.1) is 12.7 Å². The largest absolute Gasteiger partial charge is 0.206 e. The lowest BCUT2D eigenvalue weighted by atomic mass is 9.98. The average Bonchev–Trinajstić information content (AvgIpc) is 2.33. The molecule has 2 aromatic rings. The van der Waals surface area contributed by atoms with Crippen LogP contribution < -0.4 is 0 Å². The lowest BCUT2D eigenvalue weighted by Gasteiger charge is -2.07. The SMILES string of the molecule is Cc1ccc(-c2cccc(F)c2/C=C/I)cc1. The Morgan fingerprint density at radius 1 is 1.06 bits per heavy atom. The van der Waals surface area contributed by atoms with Crippen molar-refractivity contribution >= 4 is 28.7 Å². The minimum absolute atomic E-state index is 0.184. The number of rotatable bonds is 2. The summed E-state index contributed by atoms with van der Waals surface area (Å²) in [5, 5.41) is 0. The summed E-state index contributed by atoms with van der Waals surface area (Å²) in [5.74, 6) is -0.184. The standard InChI is InChI=1S/C15H12FI/c1-11-5-7-12(8-6-11)13-3-2-4-15(16)14(13)9-10-17/h2-10H,1H3/b10-9+. The average molecular weight is 338 g/mol. The molecule has 0 nitrogen and oxygen atoms in total. The second-order valence-electron chi connectivity index (χ2n) is 3.86. The highest BCUT2D eigenvalue weighted by molar-refractivity contribution is 14.1. The summed E-state index contributed by atoms with van der Waals surface area (Å²) in [5.41, 5.74) is 3.82. The third-order valence-electron chi connectivity index (χ3n) is 2.65. The molecule has 2 heteroatoms. The van der Waals surface area contributed by atoms with Crippen molar-refractivity contribution in [3.05, 3.63) is 63.5 Å². The van der Waals surface area contributed by atoms with Gasteiger partial charge in [-0.2, -0.15) is 0 Å². The van der Waals surface area contributed by atoms with Crippen LogP contribution in [0.1, 0.15) is 11.1 Å². The molecule has 0 aromatic heterocycles. The van der Waals surface area contributed by atoms with Crippen LogP contribution >= 0.6 is 22.6 Å². The second kappa shape index (κ2) is 5.45. The molecule has 0 unspecified atom stereocenters. The number of halogens is 2. The molecule has 86 valence electrons. The lowest BCUT2D eigenvalue weighted by Crippen LogP contribution is -1.88. The van der Waals surface area contributed by atoms with Crippen molar-refractivity contribution in [1.29, 1.82) is 0 Å². The highest BCUT2D eigenvalue weighted by Gasteiger charge is 2.06. The first-order chi connectivity index (χ1) is 8.22. The van der Waals surface area contributed by atoms with Crippen molar-refractivity contribution in [3.8, 4) is 11.1 Å². The zero-order valence-electron chi connectivity index (χ0n) is 9.45. The Hall–Kier alpha value is -1.16. The molecule has 0 radical (unpaired) electrons. The van der Waals surface area contributed by atoms with Gasteiger partial charge in [-0.05, 0) is 34.3 Å². The second-order valence-corrected chi connectivity index (χ2v) is 4.58. The first-order valence-corrected chi connectivity index (χ1v) is 6.59. The van der Waals surface area contributed by atoms with Gasteiger partial charge in [0.15, 0.2) is 0 Å². The van der Waals surface area contributed by atoms with E-state index in [1.54, 1.807) is 12.1 Å². The summed E-state index contributed by atoms with van der Waals surface area (Å²) < 4.78 is 15.6. The smallest absolute Gasteiger partial charge is 0.131 e. The summed E-state index contributed by atoms with van der Waals surface area (Å²) in [6.07, 6.45) is 1.80. The van der Waals surface area contributed by atoms with Gasteiger partial charge in [-0.3, -0.25) is 0 Å². The minimum Gasteiger partial charge on any atom is -0.206 e. The lowest BCUT2D eigenvalue weighted by molar-refractivity contribution is 0.625. The first kappa shape index (κ1) is 12.3. The number of aryl methyl sites for hydroxylation is 1. The fourth-order valence-electron chi connectivity index (χ4n) is 1.75. The molecule has 0 spiro atoms. The van der Waals surface area contributed by atoms with E-state index in [-0.39, 0.29) is 5.82 Å². The van der Waals surface area contributed by atoms with E-state index in [4.69, 9.17) is 0 Å². The molecule has 2 aromatic carbocycles. The maximum Gasteiger partial charge on any atom is 0.131 e. The van der Waals surface area contributed by atoms with Gasteiger partial charge in [0.25, 0.3) is 0 Å². The Morgan fingerprint density at radius 2 is 1.76 bits per heavy atom. The van der Waals surface area contributed by atoms with Gasteiger partial charge in [0.1, 0.15) is 5.82 Å². The van der Waals surface area contributed by atoms with Gasteiger partial charge in [0.2, 0.25) is 0 Å². The van der Waals surface area contributed by atoms with Crippen LogP contribution in [0.5, 0.6) is 0 Å². The van der Waals surface area contributed by atoms with E-state index in [1.165, 1.54) is 11.6 Å². The molecule has 0 fully saturated rings. The molecule has 0 aliphatic rings. The predicted octanol–water partition coefficient (Wildman–Crippen LogP) is 5.21. The summed E-state index contributed by atoms with van der Waals surface area (Å²) in [6, 6.07) is 13.3. The Labute approximate surface area is 114 Å². The van der Waals surface area contributed by atoms with E-state index in [2.05, 4.69) is 22.6 Å². The van der Waals surface area contributed by atoms with E-state index in [1.807, 2.05) is 41.3 Å². The maximum atomic E-state index is 13.7. The van der Waals surface area contributed by atoms with Gasteiger partial charge in [0, 0.05) is 5.56 Å². The molecular weight excluding hydrogens is 326 g/mol. The van der Waals surface area contributed by atoms with Gasteiger partial charge in [-0.1, -0.05) is 64.6 Å². The van der Waals surface area contributed by atoms with Crippen molar-refractivity contribution in [1.82, 2.24) is 0 Å². The minimum atomic E-state index is -0.184. The van der Waals surface area contributed by atoms with Crippen molar-refractivity contribution in [2.45, 2.75) is 6.92 Å². The molecule has 0 aliphatic heterocycles. The predicted molar refractivity (Wildman–Crippen MR) is 79.6 cm³/mol. The van der Waals surface area contributed by atoms with E-state index in [0.717, 1.165) is 11.1 Å². The zero-order valence-corrected chi connectivity index (χ0v) is 11.6. The van der Waals surface area contributed by atoms with E-state index < -0.39 is 0 Å². The van der Waals surface area contributed by atoms with Crippen LogP contribution in [0.2, 0.25) is 0 Å². The number of benzene rings is 2. The summed E-state index contributed by atoms with van der Waals surface area (Å²) in [7, 11) is 0. The maximum absolute atomic E-state index is 13.7. The van der Waals surface area contributed by atoms with Crippen LogP contribution in [-0.4, -0.2) is 0 Å². The fourth-order valence-corrected chi connectivity index (χ4v) is 2.11. The van der Waals surface area contributed by atoms with E-state index in [0.29, 0.717) is 5.56 Å². The molecule has 0 atom stereocenters. The number of hydrogen-bond acceptors (Lipinski definition) is 0. The number of hydrogen-bond donors (Lipinski definition) is 0. The summed E-state index contributed by atoms with van der Waals surface area (Å²) in [4.78, 5) is 0. The Bertz CT molecular complexity index is 541. The molecule has 0 N–H and O–H groups in total. The highest BCUT2D eigenvalue weighted by atomic mass is 127. The molecule has 0 saturated carbocycles. The van der Waals surface area contributed by atoms with E-state index >= 15 is 0 Å². The molecule has 2 rings (SSSR count). The van der Waals surface area contributed by atoms with Gasteiger partial charge in [-0.25, -0.2) is 4.39 Å². The zero-order chi connectivity index (χ0) is 12.3. The topological polar surface area (TPSA) is 0 Å². The van der Waals surface area contributed by atoms with Crippen LogP contribution in [0.25, 0.3) is 17.2 Å². The van der Waals surface area contributed by atoms with Crippen molar-refractivity contribution in [3.63, 3.8) is 0 Å². The third kappa shape index (κ3) is 2.75. The van der Waals surface area contributed by atoms with Gasteiger partial charge in [0.05, 0.1) is 0 Å². The summed E-state index contributed by atoms with van der Waals surface area (Å²) >= 11 is 2.10. The Balaban J connectivity index is 2.58. The highest BCUT2D eigenvalue weighted by Crippen LogP contribution is 2.27. The van der Waals surface area contributed by atoms with Crippen LogP contribution in [-0.2, 0) is 0 Å². The van der Waals surface area contributed by atoms with Gasteiger partial charge < -0.3 is 0 Å². The molecular formula is C15H12FI. The van der Waals surface area contributed by atoms with Gasteiger partial charge in [-0.15, -0.1) is 0 Å². The van der Waals surface area contributed by atoms with Crippen molar-refractivity contribution in [2.75, 3.05) is 0 Å². The molecule has 17 heavy (non-hydrogen) atoms. The van der Waals surface area contributed by atoms with Crippen LogP contribution in [0.4, 0.5) is 4.39 Å². The van der Waals surface area contributed by atoms with Crippen LogP contribution in [0.3, 0.4) is 0 Å². The van der Waals surface area contributed by atoms with Gasteiger partial charge >= 0.3 is 0 Å². The van der Waals surface area contributed by atoms with Crippen molar-refractivity contribution < 1.29 is 4.39 Å². The quantitative estimate of drug-likeness (QED) is 0.660. The van der Waals surface area contributed by atoms with Crippen LogP contribution in [0.15, 0.2) is 46.5 Å². The molecule has 0 aliphatic carbocycles. The normalized spacial score (nSPS) is 11.0. The first-order valence-electron chi connectivity index (χ1n) is 5.34. The summed E-state index contributed by atoms with van der Waals surface area (Å²) in [6.45, 7) is 2.04. The molecule has 0 heterocycles. The Morgan fingerprint density at radius 3 is 2.41 bits per heavy atom. The van der Waals surface area contributed by atoms with E-state index in [9.17, 15) is 4.39 Å². The molecule has 0 saturated heterocycles. The monoisotopic (exact) mass is 338 g/mol.